The molecule has 2 aliphatic rings. The van der Waals surface area contributed by atoms with Crippen LogP contribution in [0.5, 0.6) is 5.75 Å². The molecule has 1 unspecified atom stereocenters. The third kappa shape index (κ3) is 2.97. The van der Waals surface area contributed by atoms with E-state index in [4.69, 9.17) is 18.9 Å². The van der Waals surface area contributed by atoms with Crippen LogP contribution in [0.3, 0.4) is 0 Å². The van der Waals surface area contributed by atoms with Gasteiger partial charge in [0.2, 0.25) is 0 Å². The van der Waals surface area contributed by atoms with Gasteiger partial charge in [-0.2, -0.15) is 0 Å². The lowest BCUT2D eigenvalue weighted by molar-refractivity contribution is -0.183. The van der Waals surface area contributed by atoms with Crippen molar-refractivity contribution in [3.05, 3.63) is 29.8 Å². The fraction of sp³-hybridized carbons (Fsp3) is 0.538. The van der Waals surface area contributed by atoms with Gasteiger partial charge in [-0.3, -0.25) is 0 Å². The lowest BCUT2D eigenvalue weighted by Crippen LogP contribution is -2.17. The van der Waals surface area contributed by atoms with E-state index in [2.05, 4.69) is 0 Å². The first-order valence-corrected chi connectivity index (χ1v) is 5.99. The molecule has 0 N–H and O–H groups in total. The average Bonchev–Trinajstić information content (AvgIpc) is 3.22. The number of ether oxygens (including phenoxy) is 4. The summed E-state index contributed by atoms with van der Waals surface area (Å²) in [5.41, 5.74) is 1.01. The maximum atomic E-state index is 5.63. The van der Waals surface area contributed by atoms with Crippen molar-refractivity contribution < 1.29 is 18.9 Å². The zero-order valence-corrected chi connectivity index (χ0v) is 9.63. The lowest BCUT2D eigenvalue weighted by Gasteiger charge is -2.23. The zero-order valence-electron chi connectivity index (χ0n) is 9.63. The van der Waals surface area contributed by atoms with Gasteiger partial charge in [0.05, 0.1) is 19.8 Å². The van der Waals surface area contributed by atoms with Crippen LogP contribution in [0, 0.1) is 0 Å². The molecule has 3 rings (SSSR count). The first-order valence-electron chi connectivity index (χ1n) is 5.99. The Morgan fingerprint density at radius 2 is 2.00 bits per heavy atom. The van der Waals surface area contributed by atoms with Crippen LogP contribution in [0.4, 0.5) is 0 Å². The molecule has 0 saturated carbocycles. The van der Waals surface area contributed by atoms with Gasteiger partial charge in [0.15, 0.2) is 6.29 Å². The largest absolute Gasteiger partial charge is 0.491 e. The summed E-state index contributed by atoms with van der Waals surface area (Å²) in [5, 5.41) is 0. The number of hydrogen-bond acceptors (Lipinski definition) is 4. The Bertz CT molecular complexity index is 369. The summed E-state index contributed by atoms with van der Waals surface area (Å²) in [6, 6.07) is 7.86. The standard InChI is InChI=1S/C13H16O4/c1-3-10(13-14-5-2-6-15-13)7-11(4-1)16-8-12-9-17-12/h1,3-4,7,12-13H,2,5-6,8-9H2. The third-order valence-corrected chi connectivity index (χ3v) is 2.80. The van der Waals surface area contributed by atoms with Crippen molar-refractivity contribution in [1.29, 1.82) is 0 Å². The van der Waals surface area contributed by atoms with Gasteiger partial charge in [-0.25, -0.2) is 0 Å². The van der Waals surface area contributed by atoms with E-state index in [1.807, 2.05) is 24.3 Å². The summed E-state index contributed by atoms with van der Waals surface area (Å²) in [5.74, 6) is 0.843. The van der Waals surface area contributed by atoms with Gasteiger partial charge in [-0.15, -0.1) is 0 Å². The van der Waals surface area contributed by atoms with Crippen molar-refractivity contribution >= 4 is 0 Å². The summed E-state index contributed by atoms with van der Waals surface area (Å²) in [6.45, 7) is 2.95. The van der Waals surface area contributed by atoms with E-state index >= 15 is 0 Å². The molecule has 0 aromatic heterocycles. The van der Waals surface area contributed by atoms with E-state index in [0.29, 0.717) is 6.61 Å². The molecule has 0 bridgehead atoms. The second-order valence-corrected chi connectivity index (χ2v) is 4.27. The molecule has 0 amide bonds. The Morgan fingerprint density at radius 3 is 2.76 bits per heavy atom. The van der Waals surface area contributed by atoms with E-state index in [1.54, 1.807) is 0 Å². The highest BCUT2D eigenvalue weighted by molar-refractivity contribution is 5.29. The SMILES string of the molecule is c1cc(OCC2CO2)cc(C2OCCCO2)c1. The molecule has 2 heterocycles. The van der Waals surface area contributed by atoms with Crippen LogP contribution in [0.25, 0.3) is 0 Å². The van der Waals surface area contributed by atoms with E-state index in [9.17, 15) is 0 Å². The maximum absolute atomic E-state index is 5.63. The smallest absolute Gasteiger partial charge is 0.183 e. The van der Waals surface area contributed by atoms with E-state index in [-0.39, 0.29) is 12.4 Å². The summed E-state index contributed by atoms with van der Waals surface area (Å²) >= 11 is 0. The second kappa shape index (κ2) is 5.04. The van der Waals surface area contributed by atoms with Gasteiger partial charge >= 0.3 is 0 Å². The Labute approximate surface area is 100 Å². The molecule has 17 heavy (non-hydrogen) atoms. The zero-order chi connectivity index (χ0) is 11.5. The van der Waals surface area contributed by atoms with Gasteiger partial charge < -0.3 is 18.9 Å². The molecule has 92 valence electrons. The highest BCUT2D eigenvalue weighted by Crippen LogP contribution is 2.26. The van der Waals surface area contributed by atoms with Crippen molar-refractivity contribution in [2.75, 3.05) is 26.4 Å². The quantitative estimate of drug-likeness (QED) is 0.749. The molecule has 2 saturated heterocycles. The molecular weight excluding hydrogens is 220 g/mol. The van der Waals surface area contributed by atoms with Crippen molar-refractivity contribution in [1.82, 2.24) is 0 Å². The van der Waals surface area contributed by atoms with Crippen LogP contribution < -0.4 is 4.74 Å². The summed E-state index contributed by atoms with van der Waals surface area (Å²) in [6.07, 6.45) is 0.997. The summed E-state index contributed by atoms with van der Waals surface area (Å²) in [4.78, 5) is 0. The molecule has 1 aromatic carbocycles. The molecule has 0 aliphatic carbocycles. The monoisotopic (exact) mass is 236 g/mol. The van der Waals surface area contributed by atoms with Gasteiger partial charge in [0, 0.05) is 5.56 Å². The number of benzene rings is 1. The molecule has 2 aliphatic heterocycles. The van der Waals surface area contributed by atoms with Crippen LogP contribution in [0.2, 0.25) is 0 Å². The molecule has 1 aromatic rings. The van der Waals surface area contributed by atoms with Crippen LogP contribution in [0.1, 0.15) is 18.3 Å². The predicted octanol–water partition coefficient (Wildman–Crippen LogP) is 1.90. The minimum atomic E-state index is -0.246. The van der Waals surface area contributed by atoms with Crippen molar-refractivity contribution in [3.63, 3.8) is 0 Å². The van der Waals surface area contributed by atoms with Gasteiger partial charge in [0.1, 0.15) is 18.5 Å². The molecule has 1 atom stereocenters. The van der Waals surface area contributed by atoms with Crippen molar-refractivity contribution in [3.8, 4) is 5.75 Å². The van der Waals surface area contributed by atoms with Crippen LogP contribution in [-0.2, 0) is 14.2 Å². The molecule has 2 fully saturated rings. The number of rotatable bonds is 4. The Hall–Kier alpha value is -1.10. The van der Waals surface area contributed by atoms with Crippen molar-refractivity contribution in [2.45, 2.75) is 18.8 Å². The molecule has 0 radical (unpaired) electrons. The normalized spacial score (nSPS) is 24.6. The second-order valence-electron chi connectivity index (χ2n) is 4.27. The Morgan fingerprint density at radius 1 is 1.18 bits per heavy atom. The predicted molar refractivity (Wildman–Crippen MR) is 60.9 cm³/mol. The van der Waals surface area contributed by atoms with Gasteiger partial charge in [0.25, 0.3) is 0 Å². The topological polar surface area (TPSA) is 40.2 Å². The number of epoxide rings is 1. The van der Waals surface area contributed by atoms with E-state index < -0.39 is 0 Å². The number of hydrogen-bond donors (Lipinski definition) is 0. The van der Waals surface area contributed by atoms with Crippen LogP contribution in [0.15, 0.2) is 24.3 Å². The van der Waals surface area contributed by atoms with Crippen LogP contribution in [-0.4, -0.2) is 32.5 Å². The van der Waals surface area contributed by atoms with E-state index in [1.165, 1.54) is 0 Å². The van der Waals surface area contributed by atoms with Gasteiger partial charge in [-0.05, 0) is 18.6 Å². The maximum Gasteiger partial charge on any atom is 0.183 e. The highest BCUT2D eigenvalue weighted by Gasteiger charge is 2.23. The van der Waals surface area contributed by atoms with Crippen LogP contribution >= 0.6 is 0 Å². The van der Waals surface area contributed by atoms with Crippen molar-refractivity contribution in [2.24, 2.45) is 0 Å². The third-order valence-electron chi connectivity index (χ3n) is 2.80. The first kappa shape index (κ1) is 11.0. The fourth-order valence-electron chi connectivity index (χ4n) is 1.78. The Kier molecular flexibility index (Phi) is 3.27. The average molecular weight is 236 g/mol. The fourth-order valence-corrected chi connectivity index (χ4v) is 1.78. The molecule has 4 heteroatoms. The molecular formula is C13H16O4. The molecule has 4 nitrogen and oxygen atoms in total. The first-order chi connectivity index (χ1) is 8.42. The Balaban J connectivity index is 1.64. The van der Waals surface area contributed by atoms with Gasteiger partial charge in [-0.1, -0.05) is 12.1 Å². The van der Waals surface area contributed by atoms with E-state index in [0.717, 1.165) is 37.6 Å². The summed E-state index contributed by atoms with van der Waals surface area (Å²) in [7, 11) is 0. The summed E-state index contributed by atoms with van der Waals surface area (Å²) < 4.78 is 21.8. The minimum Gasteiger partial charge on any atom is -0.491 e. The highest BCUT2D eigenvalue weighted by atomic mass is 16.7. The minimum absolute atomic E-state index is 0.246. The molecule has 0 spiro atoms. The lowest BCUT2D eigenvalue weighted by atomic mass is 10.2.